The van der Waals surface area contributed by atoms with Gasteiger partial charge in [-0.2, -0.15) is 0 Å². The molecule has 3 heterocycles. The van der Waals surface area contributed by atoms with Gasteiger partial charge in [-0.1, -0.05) is 11.2 Å². The molecule has 2 amide bonds. The molecule has 0 radical (unpaired) electrons. The molecule has 0 bridgehead atoms. The normalized spacial score (nSPS) is 22.1. The van der Waals surface area contributed by atoms with Crippen LogP contribution < -0.4 is 11.1 Å². The number of fused-ring (bicyclic) bond motifs is 1. The van der Waals surface area contributed by atoms with E-state index >= 15 is 0 Å². The highest BCUT2D eigenvalue weighted by atomic mass is 32.2. The molecule has 27 heavy (non-hydrogen) atoms. The molecule has 10 nitrogen and oxygen atoms in total. The predicted octanol–water partition coefficient (Wildman–Crippen LogP) is -0.227. The fourth-order valence-corrected chi connectivity index (χ4v) is 4.16. The highest BCUT2D eigenvalue weighted by Gasteiger charge is 2.54. The molecule has 0 spiro atoms. The number of aromatic nitrogens is 1. The van der Waals surface area contributed by atoms with Crippen LogP contribution in [0.5, 0.6) is 0 Å². The number of nitrogen functional groups attached to an aromatic ring is 1. The lowest BCUT2D eigenvalue weighted by Gasteiger charge is -2.49. The van der Waals surface area contributed by atoms with Crippen molar-refractivity contribution in [2.75, 3.05) is 18.6 Å². The van der Waals surface area contributed by atoms with Gasteiger partial charge in [-0.05, 0) is 24.6 Å². The number of anilines is 1. The SMILES string of the molecule is CON=C(C(=O)NC1C(=O)N2C(C(=O)O)=C(C)CS[C@H]12)c1cccc(N)n1. The van der Waals surface area contributed by atoms with E-state index in [2.05, 4.69) is 15.5 Å². The Labute approximate surface area is 158 Å². The minimum Gasteiger partial charge on any atom is -0.477 e. The number of nitrogens with one attached hydrogen (secondary N) is 1. The zero-order valence-corrected chi connectivity index (χ0v) is 15.3. The lowest BCUT2D eigenvalue weighted by Crippen LogP contribution is -2.71. The molecule has 1 aromatic heterocycles. The van der Waals surface area contributed by atoms with E-state index in [1.165, 1.54) is 29.8 Å². The van der Waals surface area contributed by atoms with Crippen LogP contribution in [-0.4, -0.2) is 62.8 Å². The Kier molecular flexibility index (Phi) is 5.04. The molecule has 1 saturated heterocycles. The number of oxime groups is 1. The van der Waals surface area contributed by atoms with Crippen molar-refractivity contribution in [3.63, 3.8) is 0 Å². The Balaban J connectivity index is 1.80. The highest BCUT2D eigenvalue weighted by molar-refractivity contribution is 8.00. The van der Waals surface area contributed by atoms with Crippen molar-refractivity contribution in [3.05, 3.63) is 35.2 Å². The van der Waals surface area contributed by atoms with Crippen molar-refractivity contribution >= 4 is 41.1 Å². The van der Waals surface area contributed by atoms with Crippen LogP contribution in [0, 0.1) is 0 Å². The van der Waals surface area contributed by atoms with Crippen LogP contribution in [0.1, 0.15) is 12.6 Å². The van der Waals surface area contributed by atoms with Gasteiger partial charge < -0.3 is 21.0 Å². The molecule has 0 aliphatic carbocycles. The van der Waals surface area contributed by atoms with Gasteiger partial charge in [0.2, 0.25) is 0 Å². The molecular weight excluding hydrogens is 374 g/mol. The van der Waals surface area contributed by atoms with E-state index in [1.54, 1.807) is 19.1 Å². The first-order chi connectivity index (χ1) is 12.8. The van der Waals surface area contributed by atoms with Gasteiger partial charge in [0.05, 0.1) is 0 Å². The zero-order valence-electron chi connectivity index (χ0n) is 14.5. The van der Waals surface area contributed by atoms with Gasteiger partial charge in [0.25, 0.3) is 11.8 Å². The fraction of sp³-hybridized carbons (Fsp3) is 0.312. The highest BCUT2D eigenvalue weighted by Crippen LogP contribution is 2.40. The number of carbonyl (C=O) groups is 3. The molecule has 2 aliphatic rings. The molecule has 1 aromatic rings. The summed E-state index contributed by atoms with van der Waals surface area (Å²) >= 11 is 1.38. The first-order valence-corrected chi connectivity index (χ1v) is 8.92. The van der Waals surface area contributed by atoms with Gasteiger partial charge in [0, 0.05) is 5.75 Å². The van der Waals surface area contributed by atoms with Crippen LogP contribution in [0.4, 0.5) is 5.82 Å². The number of carboxylic acids is 1. The van der Waals surface area contributed by atoms with Crippen molar-refractivity contribution in [2.24, 2.45) is 5.16 Å². The summed E-state index contributed by atoms with van der Waals surface area (Å²) in [6.45, 7) is 1.67. The van der Waals surface area contributed by atoms with Crippen molar-refractivity contribution in [1.82, 2.24) is 15.2 Å². The number of carboxylic acid groups (broad SMARTS) is 1. The number of nitrogens with two attached hydrogens (primary N) is 1. The molecule has 11 heteroatoms. The van der Waals surface area contributed by atoms with Gasteiger partial charge in [-0.25, -0.2) is 9.78 Å². The maximum Gasteiger partial charge on any atom is 0.352 e. The number of rotatable bonds is 5. The Morgan fingerprint density at radius 3 is 2.85 bits per heavy atom. The molecule has 0 aromatic carbocycles. The molecule has 1 fully saturated rings. The Morgan fingerprint density at radius 1 is 1.48 bits per heavy atom. The van der Waals surface area contributed by atoms with Crippen molar-refractivity contribution < 1.29 is 24.3 Å². The third kappa shape index (κ3) is 3.33. The second-order valence-corrected chi connectivity index (χ2v) is 6.97. The van der Waals surface area contributed by atoms with Gasteiger partial charge >= 0.3 is 5.97 Å². The third-order valence-electron chi connectivity index (χ3n) is 4.06. The van der Waals surface area contributed by atoms with Crippen molar-refractivity contribution in [2.45, 2.75) is 18.3 Å². The molecule has 4 N–H and O–H groups in total. The molecule has 3 rings (SSSR count). The maximum atomic E-state index is 12.6. The molecular formula is C16H17N5O5S. The van der Waals surface area contributed by atoms with Crippen molar-refractivity contribution in [3.8, 4) is 0 Å². The molecule has 2 atom stereocenters. The van der Waals surface area contributed by atoms with E-state index in [9.17, 15) is 19.5 Å². The number of hydrogen-bond acceptors (Lipinski definition) is 8. The lowest BCUT2D eigenvalue weighted by atomic mass is 10.0. The molecule has 142 valence electrons. The van der Waals surface area contributed by atoms with Gasteiger partial charge in [0.15, 0.2) is 5.71 Å². The number of hydrogen-bond donors (Lipinski definition) is 3. The second kappa shape index (κ2) is 7.27. The summed E-state index contributed by atoms with van der Waals surface area (Å²) in [6, 6.07) is 3.83. The van der Waals surface area contributed by atoms with E-state index in [0.29, 0.717) is 11.3 Å². The smallest absolute Gasteiger partial charge is 0.352 e. The van der Waals surface area contributed by atoms with Crippen LogP contribution in [0.25, 0.3) is 0 Å². The lowest BCUT2D eigenvalue weighted by molar-refractivity contribution is -0.150. The van der Waals surface area contributed by atoms with Crippen LogP contribution in [0.2, 0.25) is 0 Å². The third-order valence-corrected chi connectivity index (χ3v) is 5.48. The summed E-state index contributed by atoms with van der Waals surface area (Å²) in [4.78, 5) is 46.5. The van der Waals surface area contributed by atoms with Gasteiger partial charge in [0.1, 0.15) is 35.7 Å². The predicted molar refractivity (Wildman–Crippen MR) is 97.6 cm³/mol. The zero-order chi connectivity index (χ0) is 19.7. The second-order valence-electron chi connectivity index (χ2n) is 5.87. The summed E-state index contributed by atoms with van der Waals surface area (Å²) < 4.78 is 0. The minimum absolute atomic E-state index is 0.0301. The van der Waals surface area contributed by atoms with Crippen LogP contribution in [-0.2, 0) is 19.2 Å². The maximum absolute atomic E-state index is 12.6. The largest absolute Gasteiger partial charge is 0.477 e. The minimum atomic E-state index is -1.17. The summed E-state index contributed by atoms with van der Waals surface area (Å²) in [7, 11) is 1.28. The van der Waals surface area contributed by atoms with E-state index in [0.717, 1.165) is 0 Å². The Hall–Kier alpha value is -3.08. The first kappa shape index (κ1) is 18.7. The number of β-lactam (4-membered cyclic amide) rings is 1. The summed E-state index contributed by atoms with van der Waals surface area (Å²) in [5.41, 5.74) is 6.26. The van der Waals surface area contributed by atoms with Crippen molar-refractivity contribution in [1.29, 1.82) is 0 Å². The number of amides is 2. The number of aliphatic carboxylic acids is 1. The number of pyridine rings is 1. The standard InChI is InChI=1S/C16H17N5O5S/c1-7-6-27-15-11(14(23)21(15)12(7)16(24)25)19-13(22)10(20-26-2)8-4-3-5-9(17)18-8/h3-5,11,15H,6H2,1-2H3,(H2,17,18)(H,19,22)(H,24,25)/t11?,15-/m1/s1. The quantitative estimate of drug-likeness (QED) is 0.354. The number of thioether (sulfide) groups is 1. The number of carbonyl (C=O) groups excluding carboxylic acids is 2. The molecule has 2 aliphatic heterocycles. The summed E-state index contributed by atoms with van der Waals surface area (Å²) in [5.74, 6) is -1.67. The number of nitrogens with zero attached hydrogens (tertiary/aromatic N) is 3. The Bertz CT molecular complexity index is 884. The van der Waals surface area contributed by atoms with Crippen LogP contribution in [0.15, 0.2) is 34.6 Å². The van der Waals surface area contributed by atoms with Crippen LogP contribution >= 0.6 is 11.8 Å². The van der Waals surface area contributed by atoms with E-state index < -0.39 is 29.2 Å². The van der Waals surface area contributed by atoms with Gasteiger partial charge in [-0.15, -0.1) is 11.8 Å². The molecule has 0 saturated carbocycles. The first-order valence-electron chi connectivity index (χ1n) is 7.87. The van der Waals surface area contributed by atoms with E-state index in [-0.39, 0.29) is 22.9 Å². The van der Waals surface area contributed by atoms with E-state index in [1.807, 2.05) is 0 Å². The van der Waals surface area contributed by atoms with Gasteiger partial charge in [-0.3, -0.25) is 14.5 Å². The average molecular weight is 391 g/mol. The monoisotopic (exact) mass is 391 g/mol. The summed E-state index contributed by atoms with van der Waals surface area (Å²) in [6.07, 6.45) is 0. The Morgan fingerprint density at radius 2 is 2.22 bits per heavy atom. The van der Waals surface area contributed by atoms with E-state index in [4.69, 9.17) is 10.6 Å². The average Bonchev–Trinajstić information content (AvgIpc) is 2.63. The van der Waals surface area contributed by atoms with Crippen LogP contribution in [0.3, 0.4) is 0 Å². The topological polar surface area (TPSA) is 147 Å². The molecule has 1 unspecified atom stereocenters. The fourth-order valence-electron chi connectivity index (χ4n) is 2.86. The summed E-state index contributed by atoms with van der Waals surface area (Å²) in [5, 5.41) is 15.1.